The van der Waals surface area contributed by atoms with Crippen LogP contribution in [0.25, 0.3) is 0 Å². The Labute approximate surface area is 133 Å². The number of hydrogen-bond acceptors (Lipinski definition) is 2. The van der Waals surface area contributed by atoms with Gasteiger partial charge in [0.05, 0.1) is 0 Å². The largest absolute Gasteiger partial charge is 0.480 e. The van der Waals surface area contributed by atoms with Gasteiger partial charge < -0.3 is 10.4 Å². The van der Waals surface area contributed by atoms with E-state index < -0.39 is 12.0 Å². The first kappa shape index (κ1) is 14.1. The van der Waals surface area contributed by atoms with Crippen LogP contribution in [-0.2, 0) is 16.0 Å². The molecule has 2 fully saturated rings. The molecule has 22 heavy (non-hydrogen) atoms. The van der Waals surface area contributed by atoms with Crippen LogP contribution in [0.1, 0.15) is 36.3 Å². The fourth-order valence-electron chi connectivity index (χ4n) is 3.92. The van der Waals surface area contributed by atoms with Crippen molar-refractivity contribution in [1.82, 2.24) is 5.32 Å². The van der Waals surface area contributed by atoms with Gasteiger partial charge in [-0.05, 0) is 41.9 Å². The summed E-state index contributed by atoms with van der Waals surface area (Å²) < 4.78 is 0. The topological polar surface area (TPSA) is 66.4 Å². The van der Waals surface area contributed by atoms with Crippen molar-refractivity contribution in [3.05, 3.63) is 34.3 Å². The van der Waals surface area contributed by atoms with Crippen LogP contribution < -0.4 is 5.32 Å². The summed E-state index contributed by atoms with van der Waals surface area (Å²) >= 11 is 6.19. The van der Waals surface area contributed by atoms with E-state index in [-0.39, 0.29) is 17.7 Å². The molecule has 116 valence electrons. The molecule has 0 aromatic heterocycles. The Morgan fingerprint density at radius 1 is 1.36 bits per heavy atom. The van der Waals surface area contributed by atoms with Gasteiger partial charge in [0.15, 0.2) is 0 Å². The van der Waals surface area contributed by atoms with Crippen LogP contribution in [0.15, 0.2) is 18.2 Å². The first-order chi connectivity index (χ1) is 10.6. The van der Waals surface area contributed by atoms with Crippen LogP contribution in [0, 0.1) is 17.8 Å². The van der Waals surface area contributed by atoms with E-state index in [1.54, 1.807) is 0 Å². The Kier molecular flexibility index (Phi) is 3.19. The third-order valence-corrected chi connectivity index (χ3v) is 5.66. The van der Waals surface area contributed by atoms with Crippen molar-refractivity contribution in [2.45, 2.75) is 37.6 Å². The number of aliphatic carboxylic acids is 1. The smallest absolute Gasteiger partial charge is 0.326 e. The Bertz CT molecular complexity index is 655. The first-order valence-electron chi connectivity index (χ1n) is 7.86. The summed E-state index contributed by atoms with van der Waals surface area (Å²) in [5.74, 6) is -0.107. The van der Waals surface area contributed by atoms with Crippen LogP contribution in [0.2, 0.25) is 5.02 Å². The van der Waals surface area contributed by atoms with Gasteiger partial charge in [-0.1, -0.05) is 36.6 Å². The maximum Gasteiger partial charge on any atom is 0.326 e. The molecule has 0 bridgehead atoms. The fourth-order valence-corrected chi connectivity index (χ4v) is 4.18. The van der Waals surface area contributed by atoms with E-state index in [1.807, 2.05) is 18.2 Å². The molecule has 1 aromatic carbocycles. The van der Waals surface area contributed by atoms with Crippen molar-refractivity contribution >= 4 is 23.5 Å². The molecule has 1 aromatic rings. The number of carbonyl (C=O) groups is 2. The summed E-state index contributed by atoms with van der Waals surface area (Å²) in [6.07, 6.45) is 3.56. The number of amides is 1. The number of carboxylic acids is 1. The SMILES string of the molecule is O=C(O)C(CC1CC1)NC(=O)C1C2Cc3c(Cl)cccc3C21. The van der Waals surface area contributed by atoms with Gasteiger partial charge in [0, 0.05) is 16.9 Å². The Morgan fingerprint density at radius 2 is 2.14 bits per heavy atom. The number of benzene rings is 1. The van der Waals surface area contributed by atoms with E-state index in [0.29, 0.717) is 18.3 Å². The average Bonchev–Trinajstić information content (AvgIpc) is 3.37. The lowest BCUT2D eigenvalue weighted by Gasteiger charge is -2.15. The highest BCUT2D eigenvalue weighted by molar-refractivity contribution is 6.31. The molecule has 0 radical (unpaired) electrons. The van der Waals surface area contributed by atoms with E-state index in [4.69, 9.17) is 11.6 Å². The predicted molar refractivity (Wildman–Crippen MR) is 81.8 cm³/mol. The van der Waals surface area contributed by atoms with Crippen molar-refractivity contribution in [1.29, 1.82) is 0 Å². The Morgan fingerprint density at radius 3 is 2.82 bits per heavy atom. The third kappa shape index (κ3) is 2.30. The van der Waals surface area contributed by atoms with Gasteiger partial charge in [0.25, 0.3) is 0 Å². The lowest BCUT2D eigenvalue weighted by molar-refractivity contribution is -0.142. The van der Waals surface area contributed by atoms with Gasteiger partial charge in [-0.2, -0.15) is 0 Å². The third-order valence-electron chi connectivity index (χ3n) is 5.31. The second-order valence-corrected chi connectivity index (χ2v) is 7.21. The van der Waals surface area contributed by atoms with Crippen LogP contribution in [0.5, 0.6) is 0 Å². The average molecular weight is 320 g/mol. The standard InChI is InChI=1S/C17H18ClNO3/c18-12-3-1-2-9-10(12)7-11-14(9)15(11)16(20)19-13(17(21)22)6-8-4-5-8/h1-3,8,11,13-15H,4-7H2,(H,19,20)(H,21,22). The number of carboxylic acid groups (broad SMARTS) is 1. The lowest BCUT2D eigenvalue weighted by atomic mass is 10.0. The molecule has 1 amide bonds. The van der Waals surface area contributed by atoms with E-state index >= 15 is 0 Å². The number of hydrogen-bond donors (Lipinski definition) is 2. The summed E-state index contributed by atoms with van der Waals surface area (Å²) in [4.78, 5) is 23.7. The highest BCUT2D eigenvalue weighted by Crippen LogP contribution is 2.62. The summed E-state index contributed by atoms with van der Waals surface area (Å²) in [6, 6.07) is 5.11. The number of carbonyl (C=O) groups excluding carboxylic acids is 1. The number of nitrogens with one attached hydrogen (secondary N) is 1. The highest BCUT2D eigenvalue weighted by Gasteiger charge is 2.59. The van der Waals surface area contributed by atoms with Crippen LogP contribution in [0.3, 0.4) is 0 Å². The zero-order valence-corrected chi connectivity index (χ0v) is 12.8. The van der Waals surface area contributed by atoms with Gasteiger partial charge in [0.2, 0.25) is 5.91 Å². The van der Waals surface area contributed by atoms with Crippen LogP contribution in [0.4, 0.5) is 0 Å². The summed E-state index contributed by atoms with van der Waals surface area (Å²) in [5.41, 5.74) is 2.34. The molecule has 0 spiro atoms. The molecular weight excluding hydrogens is 302 g/mol. The van der Waals surface area contributed by atoms with E-state index in [1.165, 1.54) is 5.56 Å². The van der Waals surface area contributed by atoms with Gasteiger partial charge in [0.1, 0.15) is 6.04 Å². The van der Waals surface area contributed by atoms with Crippen LogP contribution in [-0.4, -0.2) is 23.0 Å². The lowest BCUT2D eigenvalue weighted by Crippen LogP contribution is -2.42. The zero-order chi connectivity index (χ0) is 15.4. The maximum atomic E-state index is 12.4. The quantitative estimate of drug-likeness (QED) is 0.876. The molecule has 0 heterocycles. The van der Waals surface area contributed by atoms with Crippen molar-refractivity contribution < 1.29 is 14.7 Å². The first-order valence-corrected chi connectivity index (χ1v) is 8.24. The summed E-state index contributed by atoms with van der Waals surface area (Å²) in [5, 5.41) is 12.8. The molecule has 3 aliphatic rings. The number of fused-ring (bicyclic) bond motifs is 3. The minimum Gasteiger partial charge on any atom is -0.480 e. The van der Waals surface area contributed by atoms with Gasteiger partial charge in [-0.3, -0.25) is 4.79 Å². The minimum atomic E-state index is -0.922. The molecule has 4 nitrogen and oxygen atoms in total. The molecule has 2 N–H and O–H groups in total. The van der Waals surface area contributed by atoms with Crippen molar-refractivity contribution in [3.8, 4) is 0 Å². The van der Waals surface area contributed by atoms with Gasteiger partial charge >= 0.3 is 5.97 Å². The van der Waals surface area contributed by atoms with Crippen molar-refractivity contribution in [3.63, 3.8) is 0 Å². The molecular formula is C17H18ClNO3. The molecule has 0 saturated heterocycles. The van der Waals surface area contributed by atoms with E-state index in [9.17, 15) is 14.7 Å². The summed E-state index contributed by atoms with van der Waals surface area (Å²) in [6.45, 7) is 0. The molecule has 4 unspecified atom stereocenters. The molecule has 2 saturated carbocycles. The van der Waals surface area contributed by atoms with Gasteiger partial charge in [-0.25, -0.2) is 4.79 Å². The number of halogens is 1. The van der Waals surface area contributed by atoms with Gasteiger partial charge in [-0.15, -0.1) is 0 Å². The minimum absolute atomic E-state index is 0.0768. The molecule has 0 aliphatic heterocycles. The van der Waals surface area contributed by atoms with Crippen molar-refractivity contribution in [2.24, 2.45) is 17.8 Å². The maximum absolute atomic E-state index is 12.4. The number of rotatable bonds is 5. The molecule has 3 aliphatic carbocycles. The second-order valence-electron chi connectivity index (χ2n) is 6.81. The van der Waals surface area contributed by atoms with E-state index in [0.717, 1.165) is 29.8 Å². The fraction of sp³-hybridized carbons (Fsp3) is 0.529. The molecule has 5 heteroatoms. The van der Waals surface area contributed by atoms with Crippen LogP contribution >= 0.6 is 11.6 Å². The molecule has 4 atom stereocenters. The predicted octanol–water partition coefficient (Wildman–Crippen LogP) is 2.60. The summed E-state index contributed by atoms with van der Waals surface area (Å²) in [7, 11) is 0. The Balaban J connectivity index is 1.44. The van der Waals surface area contributed by atoms with E-state index in [2.05, 4.69) is 5.32 Å². The second kappa shape index (κ2) is 4.98. The molecule has 4 rings (SSSR count). The normalized spacial score (nSPS) is 29.4. The monoisotopic (exact) mass is 319 g/mol. The van der Waals surface area contributed by atoms with Crippen molar-refractivity contribution in [2.75, 3.05) is 0 Å². The zero-order valence-electron chi connectivity index (χ0n) is 12.1. The highest BCUT2D eigenvalue weighted by atomic mass is 35.5. The Hall–Kier alpha value is -1.55.